The van der Waals surface area contributed by atoms with E-state index in [2.05, 4.69) is 36.7 Å². The van der Waals surface area contributed by atoms with Crippen molar-refractivity contribution >= 4 is 21.7 Å². The molecule has 0 amide bonds. The minimum absolute atomic E-state index is 0.135. The summed E-state index contributed by atoms with van der Waals surface area (Å²) in [6.45, 7) is 12.3. The zero-order chi connectivity index (χ0) is 22.2. The number of nitrogens with zero attached hydrogens (tertiary/aromatic N) is 8. The number of rotatable bonds is 5. The predicted molar refractivity (Wildman–Crippen MR) is 120 cm³/mol. The SMILES string of the molecule is CCn1cc(S(=O)(=O)N2CCN(c3cc(N4CCN(C)CC4)nc(C)n3)CC2)nc1C. The Bertz CT molecular complexity index is 1020. The molecule has 31 heavy (non-hydrogen) atoms. The average Bonchev–Trinajstić information content (AvgIpc) is 3.15. The van der Waals surface area contributed by atoms with E-state index in [4.69, 9.17) is 0 Å². The van der Waals surface area contributed by atoms with Crippen molar-refractivity contribution in [1.29, 1.82) is 0 Å². The van der Waals surface area contributed by atoms with Crippen molar-refractivity contribution in [3.63, 3.8) is 0 Å². The van der Waals surface area contributed by atoms with Crippen molar-refractivity contribution in [2.75, 3.05) is 69.2 Å². The van der Waals surface area contributed by atoms with Crippen LogP contribution in [0.15, 0.2) is 17.3 Å². The number of anilines is 2. The number of imidazole rings is 1. The molecule has 0 saturated carbocycles. The van der Waals surface area contributed by atoms with Gasteiger partial charge in [0.1, 0.15) is 23.3 Å². The van der Waals surface area contributed by atoms with Gasteiger partial charge in [-0.15, -0.1) is 0 Å². The Morgan fingerprint density at radius 3 is 1.94 bits per heavy atom. The lowest BCUT2D eigenvalue weighted by Gasteiger charge is -2.36. The van der Waals surface area contributed by atoms with E-state index in [1.54, 1.807) is 6.20 Å². The lowest BCUT2D eigenvalue weighted by Crippen LogP contribution is -2.49. The highest BCUT2D eigenvalue weighted by molar-refractivity contribution is 7.89. The summed E-state index contributed by atoms with van der Waals surface area (Å²) in [6, 6.07) is 2.04. The van der Waals surface area contributed by atoms with E-state index in [1.807, 2.05) is 31.4 Å². The Morgan fingerprint density at radius 1 is 0.871 bits per heavy atom. The first kappa shape index (κ1) is 22.0. The topological polar surface area (TPSA) is 90.7 Å². The van der Waals surface area contributed by atoms with Gasteiger partial charge >= 0.3 is 0 Å². The molecule has 0 aromatic carbocycles. The molecule has 170 valence electrons. The van der Waals surface area contributed by atoms with Gasteiger partial charge in [0.15, 0.2) is 5.03 Å². The van der Waals surface area contributed by atoms with E-state index in [1.165, 1.54) is 4.31 Å². The van der Waals surface area contributed by atoms with Gasteiger partial charge in [-0.1, -0.05) is 0 Å². The molecule has 11 heteroatoms. The average molecular weight is 449 g/mol. The minimum Gasteiger partial charge on any atom is -0.354 e. The monoisotopic (exact) mass is 448 g/mol. The fourth-order valence-electron chi connectivity index (χ4n) is 4.11. The Hall–Kier alpha value is -2.24. The first-order valence-corrected chi connectivity index (χ1v) is 12.3. The van der Waals surface area contributed by atoms with Crippen molar-refractivity contribution < 1.29 is 8.42 Å². The number of hydrogen-bond acceptors (Lipinski definition) is 8. The van der Waals surface area contributed by atoms with Crippen molar-refractivity contribution in [1.82, 2.24) is 28.7 Å². The lowest BCUT2D eigenvalue weighted by molar-refractivity contribution is 0.312. The molecule has 2 aliphatic rings. The summed E-state index contributed by atoms with van der Waals surface area (Å²) in [6.07, 6.45) is 1.63. The summed E-state index contributed by atoms with van der Waals surface area (Å²) in [7, 11) is -1.45. The normalized spacial score (nSPS) is 19.2. The number of likely N-dealkylation sites (N-methyl/N-ethyl adjacent to an activating group) is 1. The number of hydrogen-bond donors (Lipinski definition) is 0. The van der Waals surface area contributed by atoms with E-state index in [-0.39, 0.29) is 5.03 Å². The number of piperazine rings is 2. The van der Waals surface area contributed by atoms with Crippen LogP contribution < -0.4 is 9.80 Å². The molecule has 2 aromatic heterocycles. The highest BCUT2D eigenvalue weighted by atomic mass is 32.2. The third kappa shape index (κ3) is 4.53. The van der Waals surface area contributed by atoms with Crippen LogP contribution in [-0.4, -0.2) is 96.5 Å². The molecule has 2 saturated heterocycles. The van der Waals surface area contributed by atoms with Crippen LogP contribution in [0.25, 0.3) is 0 Å². The van der Waals surface area contributed by atoms with E-state index in [0.717, 1.165) is 43.6 Å². The number of sulfonamides is 1. The maximum absolute atomic E-state index is 13.0. The van der Waals surface area contributed by atoms with Crippen LogP contribution in [0, 0.1) is 13.8 Å². The third-order valence-corrected chi connectivity index (χ3v) is 7.87. The van der Waals surface area contributed by atoms with Crippen LogP contribution in [0.1, 0.15) is 18.6 Å². The molecule has 10 nitrogen and oxygen atoms in total. The van der Waals surface area contributed by atoms with Gasteiger partial charge in [-0.2, -0.15) is 4.31 Å². The molecular formula is C20H32N8O2S. The molecule has 0 atom stereocenters. The highest BCUT2D eigenvalue weighted by Gasteiger charge is 2.31. The van der Waals surface area contributed by atoms with Gasteiger partial charge < -0.3 is 19.3 Å². The predicted octanol–water partition coefficient (Wildman–Crippen LogP) is 0.573. The standard InChI is InChI=1S/C20H32N8O2S/c1-5-25-15-20(23-17(25)3)31(29,30)28-12-10-27(11-13-28)19-14-18(21-16(2)22-19)26-8-6-24(4)7-9-26/h14-15H,5-13H2,1-4H3. The van der Waals surface area contributed by atoms with Crippen LogP contribution in [0.2, 0.25) is 0 Å². The zero-order valence-electron chi connectivity index (χ0n) is 18.8. The van der Waals surface area contributed by atoms with Crippen molar-refractivity contribution in [2.24, 2.45) is 0 Å². The Kier molecular flexibility index (Phi) is 6.18. The van der Waals surface area contributed by atoms with Gasteiger partial charge in [0, 0.05) is 71.2 Å². The van der Waals surface area contributed by atoms with Gasteiger partial charge in [-0.3, -0.25) is 0 Å². The molecule has 0 N–H and O–H groups in total. The highest BCUT2D eigenvalue weighted by Crippen LogP contribution is 2.23. The summed E-state index contributed by atoms with van der Waals surface area (Å²) in [5.41, 5.74) is 0. The molecule has 0 bridgehead atoms. The molecule has 2 aromatic rings. The smallest absolute Gasteiger partial charge is 0.262 e. The summed E-state index contributed by atoms with van der Waals surface area (Å²) in [5.74, 6) is 3.27. The molecule has 0 spiro atoms. The fourth-order valence-corrected chi connectivity index (χ4v) is 5.53. The lowest BCUT2D eigenvalue weighted by atomic mass is 10.3. The number of aryl methyl sites for hydroxylation is 3. The van der Waals surface area contributed by atoms with Crippen LogP contribution in [0.4, 0.5) is 11.6 Å². The maximum Gasteiger partial charge on any atom is 0.262 e. The second kappa shape index (κ2) is 8.71. The summed E-state index contributed by atoms with van der Waals surface area (Å²) >= 11 is 0. The Balaban J connectivity index is 1.46. The molecule has 4 rings (SSSR count). The van der Waals surface area contributed by atoms with Crippen molar-refractivity contribution in [3.8, 4) is 0 Å². The summed E-state index contributed by atoms with van der Waals surface area (Å²) in [5, 5.41) is 0.135. The first-order chi connectivity index (χ1) is 14.8. The third-order valence-electron chi connectivity index (χ3n) is 6.10. The zero-order valence-corrected chi connectivity index (χ0v) is 19.6. The van der Waals surface area contributed by atoms with Gasteiger partial charge in [-0.05, 0) is 27.8 Å². The van der Waals surface area contributed by atoms with Crippen LogP contribution in [-0.2, 0) is 16.6 Å². The van der Waals surface area contributed by atoms with Crippen LogP contribution in [0.3, 0.4) is 0 Å². The largest absolute Gasteiger partial charge is 0.354 e. The first-order valence-electron chi connectivity index (χ1n) is 10.9. The quantitative estimate of drug-likeness (QED) is 0.656. The van der Waals surface area contributed by atoms with E-state index < -0.39 is 10.0 Å². The molecule has 2 aliphatic heterocycles. The van der Waals surface area contributed by atoms with Gasteiger partial charge in [0.2, 0.25) is 0 Å². The van der Waals surface area contributed by atoms with Crippen LogP contribution in [0.5, 0.6) is 0 Å². The molecule has 0 unspecified atom stereocenters. The van der Waals surface area contributed by atoms with Crippen LogP contribution >= 0.6 is 0 Å². The van der Waals surface area contributed by atoms with E-state index in [9.17, 15) is 8.42 Å². The fraction of sp³-hybridized carbons (Fsp3) is 0.650. The summed E-state index contributed by atoms with van der Waals surface area (Å²) < 4.78 is 29.5. The van der Waals surface area contributed by atoms with Crippen molar-refractivity contribution in [3.05, 3.63) is 23.9 Å². The van der Waals surface area contributed by atoms with Gasteiger partial charge in [-0.25, -0.2) is 23.4 Å². The Morgan fingerprint density at radius 2 is 1.42 bits per heavy atom. The summed E-state index contributed by atoms with van der Waals surface area (Å²) in [4.78, 5) is 20.3. The van der Waals surface area contributed by atoms with E-state index >= 15 is 0 Å². The number of aromatic nitrogens is 4. The maximum atomic E-state index is 13.0. The Labute approximate surface area is 184 Å². The molecule has 4 heterocycles. The molecule has 2 fully saturated rings. The van der Waals surface area contributed by atoms with E-state index in [0.29, 0.717) is 38.5 Å². The molecule has 0 aliphatic carbocycles. The second-order valence-electron chi connectivity index (χ2n) is 8.23. The molecular weight excluding hydrogens is 416 g/mol. The van der Waals surface area contributed by atoms with Gasteiger partial charge in [0.25, 0.3) is 10.0 Å². The minimum atomic E-state index is -3.59. The molecule has 0 radical (unpaired) electrons. The van der Waals surface area contributed by atoms with Crippen molar-refractivity contribution in [2.45, 2.75) is 32.3 Å². The van der Waals surface area contributed by atoms with Gasteiger partial charge in [0.05, 0.1) is 0 Å². The second-order valence-corrected chi connectivity index (χ2v) is 10.1.